The Bertz CT molecular complexity index is 1040. The fraction of sp³-hybridized carbons (Fsp3) is 0.333. The molecule has 9 heteroatoms. The molecule has 158 valence electrons. The molecule has 0 aliphatic carbocycles. The first kappa shape index (κ1) is 20.4. The summed E-state index contributed by atoms with van der Waals surface area (Å²) < 4.78 is 32.5. The fourth-order valence-corrected chi connectivity index (χ4v) is 5.27. The van der Waals surface area contributed by atoms with Crippen molar-refractivity contribution in [2.24, 2.45) is 0 Å². The molecule has 2 aromatic carbocycles. The minimum Gasteiger partial charge on any atom is -0.495 e. The number of carbonyl (C=O) groups excluding carboxylic acids is 2. The number of piperazine rings is 1. The van der Waals surface area contributed by atoms with Crippen LogP contribution < -0.4 is 9.64 Å². The van der Waals surface area contributed by atoms with Crippen LogP contribution in [0.4, 0.5) is 5.69 Å². The van der Waals surface area contributed by atoms with Gasteiger partial charge in [-0.2, -0.15) is 4.31 Å². The number of nitrogens with zero attached hydrogens (tertiary/aromatic N) is 3. The van der Waals surface area contributed by atoms with Crippen molar-refractivity contribution in [2.45, 2.75) is 0 Å². The molecular formula is C21H23N3O5S. The second-order valence-electron chi connectivity index (χ2n) is 7.18. The average molecular weight is 429 g/mol. The van der Waals surface area contributed by atoms with Gasteiger partial charge in [0.2, 0.25) is 10.0 Å². The first-order chi connectivity index (χ1) is 14.4. The molecule has 30 heavy (non-hydrogen) atoms. The van der Waals surface area contributed by atoms with Crippen LogP contribution in [0.15, 0.2) is 48.5 Å². The number of hydrogen-bond donors (Lipinski definition) is 0. The van der Waals surface area contributed by atoms with E-state index in [0.29, 0.717) is 37.3 Å². The summed E-state index contributed by atoms with van der Waals surface area (Å²) in [5.41, 5.74) is 1.58. The van der Waals surface area contributed by atoms with Crippen LogP contribution in [0.25, 0.3) is 0 Å². The Morgan fingerprint density at radius 2 is 1.43 bits per heavy atom. The maximum atomic E-state index is 12.8. The van der Waals surface area contributed by atoms with Crippen LogP contribution >= 0.6 is 0 Å². The Balaban J connectivity index is 1.38. The van der Waals surface area contributed by atoms with Crippen LogP contribution in [-0.4, -0.2) is 75.0 Å². The molecule has 0 N–H and O–H groups in total. The number of rotatable bonds is 6. The summed E-state index contributed by atoms with van der Waals surface area (Å²) in [4.78, 5) is 28.0. The number of amides is 2. The summed E-state index contributed by atoms with van der Waals surface area (Å²) in [5.74, 6) is -0.411. The number of benzene rings is 2. The highest BCUT2D eigenvalue weighted by Gasteiger charge is 2.36. The highest BCUT2D eigenvalue weighted by molar-refractivity contribution is 7.89. The van der Waals surface area contributed by atoms with Gasteiger partial charge in [-0.3, -0.25) is 14.5 Å². The van der Waals surface area contributed by atoms with Crippen molar-refractivity contribution in [1.82, 2.24) is 9.21 Å². The number of anilines is 1. The second-order valence-corrected chi connectivity index (χ2v) is 9.27. The van der Waals surface area contributed by atoms with E-state index in [0.717, 1.165) is 16.3 Å². The zero-order valence-corrected chi connectivity index (χ0v) is 17.5. The number of imide groups is 1. The van der Waals surface area contributed by atoms with Gasteiger partial charge in [-0.05, 0) is 24.3 Å². The smallest absolute Gasteiger partial charge is 0.261 e. The van der Waals surface area contributed by atoms with Gasteiger partial charge < -0.3 is 9.64 Å². The lowest BCUT2D eigenvalue weighted by molar-refractivity contribution is 0.0663. The largest absolute Gasteiger partial charge is 0.495 e. The molecule has 2 aliphatic heterocycles. The molecule has 8 nitrogen and oxygen atoms in total. The molecule has 0 spiro atoms. The van der Waals surface area contributed by atoms with Crippen LogP contribution in [0, 0.1) is 0 Å². The molecule has 1 fully saturated rings. The van der Waals surface area contributed by atoms with E-state index in [4.69, 9.17) is 4.74 Å². The normalized spacial score (nSPS) is 17.4. The quantitative estimate of drug-likeness (QED) is 0.646. The van der Waals surface area contributed by atoms with Crippen molar-refractivity contribution >= 4 is 27.5 Å². The fourth-order valence-electron chi connectivity index (χ4n) is 3.88. The van der Waals surface area contributed by atoms with Crippen molar-refractivity contribution in [3.8, 4) is 5.75 Å². The van der Waals surface area contributed by atoms with Crippen LogP contribution in [0.2, 0.25) is 0 Å². The molecule has 0 saturated carbocycles. The number of ether oxygens (including phenoxy) is 1. The zero-order valence-electron chi connectivity index (χ0n) is 16.7. The Kier molecular flexibility index (Phi) is 5.48. The first-order valence-corrected chi connectivity index (χ1v) is 11.3. The van der Waals surface area contributed by atoms with E-state index in [1.54, 1.807) is 31.4 Å². The third kappa shape index (κ3) is 3.66. The van der Waals surface area contributed by atoms with Crippen molar-refractivity contribution in [1.29, 1.82) is 0 Å². The Morgan fingerprint density at radius 3 is 2.03 bits per heavy atom. The van der Waals surface area contributed by atoms with Gasteiger partial charge in [0.25, 0.3) is 11.8 Å². The molecule has 2 amide bonds. The third-order valence-corrected chi connectivity index (χ3v) is 7.36. The molecule has 4 rings (SSSR count). The van der Waals surface area contributed by atoms with Crippen LogP contribution in [0.1, 0.15) is 20.7 Å². The Hall–Kier alpha value is -2.91. The van der Waals surface area contributed by atoms with E-state index in [-0.39, 0.29) is 12.3 Å². The predicted octanol–water partition coefficient (Wildman–Crippen LogP) is 1.44. The molecule has 1 saturated heterocycles. The van der Waals surface area contributed by atoms with Crippen LogP contribution in [0.3, 0.4) is 0 Å². The summed E-state index contributed by atoms with van der Waals surface area (Å²) in [5, 5.41) is 0. The molecule has 0 unspecified atom stereocenters. The SMILES string of the molecule is COc1ccccc1N1CCN(S(=O)(=O)CCN2C(=O)c3ccccc3C2=O)CC1. The number of hydrogen-bond acceptors (Lipinski definition) is 6. The number of carbonyl (C=O) groups is 2. The van der Waals surface area contributed by atoms with Gasteiger partial charge in [0.1, 0.15) is 5.75 Å². The standard InChI is InChI=1S/C21H23N3O5S/c1-29-19-9-5-4-8-18(19)22-10-12-23(13-11-22)30(27,28)15-14-24-20(25)16-6-2-3-7-17(16)21(24)26/h2-9H,10-15H2,1H3. The molecule has 0 aromatic heterocycles. The molecular weight excluding hydrogens is 406 g/mol. The van der Waals surface area contributed by atoms with Gasteiger partial charge in [0.15, 0.2) is 0 Å². The number of fused-ring (bicyclic) bond motifs is 1. The maximum Gasteiger partial charge on any atom is 0.261 e. The van der Waals surface area contributed by atoms with Gasteiger partial charge in [-0.1, -0.05) is 24.3 Å². The van der Waals surface area contributed by atoms with E-state index in [9.17, 15) is 18.0 Å². The molecule has 2 heterocycles. The summed E-state index contributed by atoms with van der Waals surface area (Å²) >= 11 is 0. The number of para-hydroxylation sites is 2. The van der Waals surface area contributed by atoms with E-state index in [1.807, 2.05) is 24.3 Å². The Morgan fingerprint density at radius 1 is 0.867 bits per heavy atom. The lowest BCUT2D eigenvalue weighted by atomic mass is 10.1. The van der Waals surface area contributed by atoms with Gasteiger partial charge in [0, 0.05) is 32.7 Å². The van der Waals surface area contributed by atoms with Gasteiger partial charge in [0.05, 0.1) is 29.7 Å². The van der Waals surface area contributed by atoms with Crippen LogP contribution in [0.5, 0.6) is 5.75 Å². The van der Waals surface area contributed by atoms with Gasteiger partial charge in [-0.25, -0.2) is 8.42 Å². The third-order valence-electron chi connectivity index (χ3n) is 5.51. The van der Waals surface area contributed by atoms with Crippen molar-refractivity contribution in [3.63, 3.8) is 0 Å². The summed E-state index contributed by atoms with van der Waals surface area (Å²) in [6.07, 6.45) is 0. The summed E-state index contributed by atoms with van der Waals surface area (Å²) in [7, 11) is -1.99. The zero-order chi connectivity index (χ0) is 21.3. The van der Waals surface area contributed by atoms with E-state index < -0.39 is 21.8 Å². The highest BCUT2D eigenvalue weighted by atomic mass is 32.2. The van der Waals surface area contributed by atoms with E-state index in [2.05, 4.69) is 4.90 Å². The highest BCUT2D eigenvalue weighted by Crippen LogP contribution is 2.29. The van der Waals surface area contributed by atoms with Crippen molar-refractivity contribution < 1.29 is 22.7 Å². The van der Waals surface area contributed by atoms with Crippen molar-refractivity contribution in [2.75, 3.05) is 50.5 Å². The lowest BCUT2D eigenvalue weighted by Crippen LogP contribution is -2.50. The van der Waals surface area contributed by atoms with E-state index >= 15 is 0 Å². The topological polar surface area (TPSA) is 87.2 Å². The van der Waals surface area contributed by atoms with Gasteiger partial charge in [-0.15, -0.1) is 0 Å². The first-order valence-electron chi connectivity index (χ1n) is 9.73. The predicted molar refractivity (Wildman–Crippen MR) is 112 cm³/mol. The molecule has 2 aliphatic rings. The van der Waals surface area contributed by atoms with Crippen LogP contribution in [-0.2, 0) is 10.0 Å². The molecule has 2 aromatic rings. The lowest BCUT2D eigenvalue weighted by Gasteiger charge is -2.36. The Labute approximate surface area is 175 Å². The average Bonchev–Trinajstić information content (AvgIpc) is 3.02. The maximum absolute atomic E-state index is 12.8. The minimum absolute atomic E-state index is 0.151. The van der Waals surface area contributed by atoms with Gasteiger partial charge >= 0.3 is 0 Å². The second kappa shape index (κ2) is 8.08. The van der Waals surface area contributed by atoms with E-state index in [1.165, 1.54) is 4.31 Å². The number of sulfonamides is 1. The minimum atomic E-state index is -3.60. The summed E-state index contributed by atoms with van der Waals surface area (Å²) in [6, 6.07) is 14.2. The molecule has 0 radical (unpaired) electrons. The van der Waals surface area contributed by atoms with Crippen molar-refractivity contribution in [3.05, 3.63) is 59.7 Å². The molecule has 0 atom stereocenters. The monoisotopic (exact) mass is 429 g/mol. The summed E-state index contributed by atoms with van der Waals surface area (Å²) in [6.45, 7) is 1.59. The number of methoxy groups -OCH3 is 1. The molecule has 0 bridgehead atoms.